The highest BCUT2D eigenvalue weighted by Crippen LogP contribution is 2.24. The number of hydrogen-bond acceptors (Lipinski definition) is 3. The SMILES string of the molecule is CN(C(=O)C(F)(F)F)c1ccc2oc(=O)[nH]c2c1. The van der Waals surface area contributed by atoms with Crippen molar-refractivity contribution in [1.82, 2.24) is 4.98 Å². The molecule has 2 rings (SSSR count). The lowest BCUT2D eigenvalue weighted by Gasteiger charge is -2.18. The molecule has 1 amide bonds. The van der Waals surface area contributed by atoms with Crippen molar-refractivity contribution in [3.8, 4) is 0 Å². The van der Waals surface area contributed by atoms with Crippen LogP contribution in [0.15, 0.2) is 27.4 Å². The number of rotatable bonds is 1. The maximum absolute atomic E-state index is 12.2. The Morgan fingerprint density at radius 1 is 1.39 bits per heavy atom. The predicted molar refractivity (Wildman–Crippen MR) is 56.3 cm³/mol. The van der Waals surface area contributed by atoms with E-state index in [1.165, 1.54) is 18.2 Å². The van der Waals surface area contributed by atoms with Crippen LogP contribution in [-0.4, -0.2) is 24.1 Å². The number of nitrogens with one attached hydrogen (secondary N) is 1. The third-order valence-electron chi connectivity index (χ3n) is 2.34. The van der Waals surface area contributed by atoms with Crippen molar-refractivity contribution < 1.29 is 22.4 Å². The molecule has 1 aromatic heterocycles. The number of carbonyl (C=O) groups is 1. The number of H-pyrrole nitrogens is 1. The average Bonchev–Trinajstić information content (AvgIpc) is 2.64. The fourth-order valence-corrected chi connectivity index (χ4v) is 1.46. The number of alkyl halides is 3. The topological polar surface area (TPSA) is 66.3 Å². The minimum Gasteiger partial charge on any atom is -0.408 e. The van der Waals surface area contributed by atoms with Gasteiger partial charge in [0.25, 0.3) is 0 Å². The first-order valence-corrected chi connectivity index (χ1v) is 4.77. The number of aromatic amines is 1. The van der Waals surface area contributed by atoms with Crippen LogP contribution in [0.5, 0.6) is 0 Å². The molecule has 0 aliphatic carbocycles. The van der Waals surface area contributed by atoms with E-state index in [9.17, 15) is 22.8 Å². The van der Waals surface area contributed by atoms with E-state index in [4.69, 9.17) is 4.42 Å². The summed E-state index contributed by atoms with van der Waals surface area (Å²) in [6.45, 7) is 0. The number of halogens is 3. The number of aromatic nitrogens is 1. The monoisotopic (exact) mass is 260 g/mol. The lowest BCUT2D eigenvalue weighted by molar-refractivity contribution is -0.170. The third kappa shape index (κ3) is 2.08. The summed E-state index contributed by atoms with van der Waals surface area (Å²) in [5.74, 6) is -2.71. The summed E-state index contributed by atoms with van der Waals surface area (Å²) in [5, 5.41) is 0. The van der Waals surface area contributed by atoms with E-state index in [2.05, 4.69) is 4.98 Å². The molecule has 1 heterocycles. The number of carbonyl (C=O) groups excluding carboxylic acids is 1. The standard InChI is InChI=1S/C10H7F3N2O3/c1-15(8(16)10(11,12)13)5-2-3-7-6(4-5)14-9(17)18-7/h2-4H,1H3,(H,14,17). The third-order valence-corrected chi connectivity index (χ3v) is 2.34. The highest BCUT2D eigenvalue weighted by Gasteiger charge is 2.41. The highest BCUT2D eigenvalue weighted by atomic mass is 19.4. The van der Waals surface area contributed by atoms with Crippen LogP contribution in [0.1, 0.15) is 0 Å². The van der Waals surface area contributed by atoms with Gasteiger partial charge in [-0.1, -0.05) is 0 Å². The Morgan fingerprint density at radius 2 is 2.06 bits per heavy atom. The van der Waals surface area contributed by atoms with Gasteiger partial charge >= 0.3 is 17.8 Å². The first kappa shape index (κ1) is 12.2. The zero-order chi connectivity index (χ0) is 13.5. The van der Waals surface area contributed by atoms with Crippen LogP contribution in [0.2, 0.25) is 0 Å². The fourth-order valence-electron chi connectivity index (χ4n) is 1.46. The molecule has 1 N–H and O–H groups in total. The van der Waals surface area contributed by atoms with E-state index in [1.54, 1.807) is 0 Å². The number of oxazole rings is 1. The summed E-state index contributed by atoms with van der Waals surface area (Å²) in [7, 11) is 0.995. The van der Waals surface area contributed by atoms with Crippen molar-refractivity contribution in [1.29, 1.82) is 0 Å². The van der Waals surface area contributed by atoms with Gasteiger partial charge in [-0.2, -0.15) is 13.2 Å². The quantitative estimate of drug-likeness (QED) is 0.847. The predicted octanol–water partition coefficient (Wildman–Crippen LogP) is 1.65. The van der Waals surface area contributed by atoms with Gasteiger partial charge in [-0.05, 0) is 18.2 Å². The summed E-state index contributed by atoms with van der Waals surface area (Å²) < 4.78 is 41.4. The van der Waals surface area contributed by atoms with Gasteiger partial charge in [-0.25, -0.2) is 4.79 Å². The van der Waals surface area contributed by atoms with Gasteiger partial charge in [0.15, 0.2) is 5.58 Å². The van der Waals surface area contributed by atoms with Crippen LogP contribution in [0.3, 0.4) is 0 Å². The van der Waals surface area contributed by atoms with E-state index in [1.807, 2.05) is 0 Å². The summed E-state index contributed by atoms with van der Waals surface area (Å²) >= 11 is 0. The van der Waals surface area contributed by atoms with Crippen LogP contribution in [-0.2, 0) is 4.79 Å². The van der Waals surface area contributed by atoms with Crippen LogP contribution >= 0.6 is 0 Å². The maximum atomic E-state index is 12.2. The molecule has 0 saturated carbocycles. The minimum absolute atomic E-state index is 0.00174. The zero-order valence-corrected chi connectivity index (χ0v) is 9.04. The van der Waals surface area contributed by atoms with Gasteiger partial charge in [-0.3, -0.25) is 9.78 Å². The second-order valence-electron chi connectivity index (χ2n) is 3.56. The van der Waals surface area contributed by atoms with Crippen molar-refractivity contribution in [2.75, 3.05) is 11.9 Å². The van der Waals surface area contributed by atoms with Crippen molar-refractivity contribution in [2.24, 2.45) is 0 Å². The van der Waals surface area contributed by atoms with Crippen molar-refractivity contribution >= 4 is 22.7 Å². The number of hydrogen-bond donors (Lipinski definition) is 1. The largest absolute Gasteiger partial charge is 0.471 e. The molecule has 0 spiro atoms. The second kappa shape index (κ2) is 3.90. The molecule has 0 fully saturated rings. The van der Waals surface area contributed by atoms with Crippen LogP contribution in [0.4, 0.5) is 18.9 Å². The van der Waals surface area contributed by atoms with Crippen molar-refractivity contribution in [3.63, 3.8) is 0 Å². The smallest absolute Gasteiger partial charge is 0.408 e. The molecule has 8 heteroatoms. The van der Waals surface area contributed by atoms with Crippen molar-refractivity contribution in [3.05, 3.63) is 28.7 Å². The zero-order valence-electron chi connectivity index (χ0n) is 9.04. The molecular formula is C10H7F3N2O3. The van der Waals surface area contributed by atoms with E-state index in [0.29, 0.717) is 4.90 Å². The Hall–Kier alpha value is -2.25. The summed E-state index contributed by atoms with van der Waals surface area (Å²) in [6.07, 6.45) is -4.95. The Labute approximate surface area is 97.8 Å². The normalized spacial score (nSPS) is 11.8. The first-order valence-electron chi connectivity index (χ1n) is 4.77. The molecule has 0 atom stereocenters. The summed E-state index contributed by atoms with van der Waals surface area (Å²) in [5.41, 5.74) is 0.429. The molecule has 2 aromatic rings. The Morgan fingerprint density at radius 3 is 2.67 bits per heavy atom. The van der Waals surface area contributed by atoms with E-state index >= 15 is 0 Å². The first-order chi connectivity index (χ1) is 8.29. The van der Waals surface area contributed by atoms with Gasteiger partial charge in [0.2, 0.25) is 0 Å². The van der Waals surface area contributed by atoms with E-state index in [-0.39, 0.29) is 16.8 Å². The highest BCUT2D eigenvalue weighted by molar-refractivity contribution is 5.98. The number of fused-ring (bicyclic) bond motifs is 1. The van der Waals surface area contributed by atoms with Crippen LogP contribution in [0, 0.1) is 0 Å². The fraction of sp³-hybridized carbons (Fsp3) is 0.200. The molecule has 0 aliphatic rings. The molecule has 0 radical (unpaired) electrons. The Bertz CT molecular complexity index is 656. The number of nitrogens with zero attached hydrogens (tertiary/aromatic N) is 1. The Balaban J connectivity index is 2.42. The molecule has 5 nitrogen and oxygen atoms in total. The summed E-state index contributed by atoms with van der Waals surface area (Å²) in [4.78, 5) is 24.6. The molecule has 0 saturated heterocycles. The Kier molecular flexibility index (Phi) is 2.64. The molecule has 1 aromatic carbocycles. The van der Waals surface area contributed by atoms with Crippen molar-refractivity contribution in [2.45, 2.75) is 6.18 Å². The number of anilines is 1. The number of amides is 1. The molecule has 96 valence electrons. The minimum atomic E-state index is -4.95. The lowest BCUT2D eigenvalue weighted by Crippen LogP contribution is -2.38. The lowest BCUT2D eigenvalue weighted by atomic mass is 10.2. The van der Waals surface area contributed by atoms with Gasteiger partial charge < -0.3 is 9.32 Å². The van der Waals surface area contributed by atoms with Gasteiger partial charge in [0.1, 0.15) is 0 Å². The molecular weight excluding hydrogens is 253 g/mol. The molecule has 0 aliphatic heterocycles. The molecule has 18 heavy (non-hydrogen) atoms. The van der Waals surface area contributed by atoms with Gasteiger partial charge in [0.05, 0.1) is 5.52 Å². The van der Waals surface area contributed by atoms with E-state index < -0.39 is 17.8 Å². The van der Waals surface area contributed by atoms with Gasteiger partial charge in [-0.15, -0.1) is 0 Å². The van der Waals surface area contributed by atoms with E-state index in [0.717, 1.165) is 7.05 Å². The van der Waals surface area contributed by atoms with Gasteiger partial charge in [0, 0.05) is 12.7 Å². The molecule has 0 unspecified atom stereocenters. The summed E-state index contributed by atoms with van der Waals surface area (Å²) in [6, 6.07) is 3.79. The number of benzene rings is 1. The second-order valence-corrected chi connectivity index (χ2v) is 3.56. The molecule has 0 bridgehead atoms. The average molecular weight is 260 g/mol. The van der Waals surface area contributed by atoms with Crippen LogP contribution < -0.4 is 10.7 Å². The maximum Gasteiger partial charge on any atom is 0.471 e. The van der Waals surface area contributed by atoms with Crippen LogP contribution in [0.25, 0.3) is 11.1 Å².